The fourth-order valence-corrected chi connectivity index (χ4v) is 1.93. The molecule has 0 fully saturated rings. The van der Waals surface area contributed by atoms with Gasteiger partial charge in [-0.25, -0.2) is 0 Å². The molecule has 0 spiro atoms. The van der Waals surface area contributed by atoms with Crippen LogP contribution in [0.1, 0.15) is 37.0 Å². The third-order valence-electron chi connectivity index (χ3n) is 2.97. The molecule has 0 bridgehead atoms. The molecule has 1 atom stereocenters. The second-order valence-electron chi connectivity index (χ2n) is 4.34. The van der Waals surface area contributed by atoms with E-state index in [0.29, 0.717) is 6.61 Å². The van der Waals surface area contributed by atoms with Gasteiger partial charge in [-0.1, -0.05) is 6.92 Å². The van der Waals surface area contributed by atoms with Gasteiger partial charge in [0.1, 0.15) is 5.75 Å². The van der Waals surface area contributed by atoms with Crippen molar-refractivity contribution in [1.82, 2.24) is 0 Å². The average molecular weight is 221 g/mol. The Bertz CT molecular complexity index is 324. The van der Waals surface area contributed by atoms with Crippen LogP contribution in [0.25, 0.3) is 0 Å². The van der Waals surface area contributed by atoms with E-state index < -0.39 is 0 Å². The van der Waals surface area contributed by atoms with Crippen LogP contribution >= 0.6 is 0 Å². The molecule has 2 nitrogen and oxygen atoms in total. The number of benzene rings is 1. The van der Waals surface area contributed by atoms with Crippen molar-refractivity contribution in [2.75, 3.05) is 6.61 Å². The predicted octanol–water partition coefficient (Wildman–Crippen LogP) is 2.98. The van der Waals surface area contributed by atoms with Crippen molar-refractivity contribution in [2.45, 2.75) is 46.6 Å². The minimum Gasteiger partial charge on any atom is -0.494 e. The number of ether oxygens (including phenoxy) is 1. The van der Waals surface area contributed by atoms with Crippen molar-refractivity contribution in [3.05, 3.63) is 28.8 Å². The molecule has 1 rings (SSSR count). The molecule has 1 aromatic carbocycles. The molecule has 0 heterocycles. The summed E-state index contributed by atoms with van der Waals surface area (Å²) in [6.07, 6.45) is 1.98. The highest BCUT2D eigenvalue weighted by atomic mass is 16.5. The largest absolute Gasteiger partial charge is 0.494 e. The van der Waals surface area contributed by atoms with E-state index in [0.717, 1.165) is 18.6 Å². The third kappa shape index (κ3) is 3.24. The Morgan fingerprint density at radius 3 is 2.19 bits per heavy atom. The minimum absolute atomic E-state index is 0.260. The van der Waals surface area contributed by atoms with E-state index in [1.807, 2.05) is 6.92 Å². The van der Waals surface area contributed by atoms with Crippen LogP contribution in [0.4, 0.5) is 0 Å². The van der Waals surface area contributed by atoms with Crippen molar-refractivity contribution >= 4 is 0 Å². The van der Waals surface area contributed by atoms with Crippen molar-refractivity contribution in [3.63, 3.8) is 0 Å². The maximum atomic E-state index is 6.01. The van der Waals surface area contributed by atoms with Gasteiger partial charge >= 0.3 is 0 Å². The van der Waals surface area contributed by atoms with E-state index in [1.54, 1.807) is 0 Å². The quantitative estimate of drug-likeness (QED) is 0.829. The van der Waals surface area contributed by atoms with E-state index in [9.17, 15) is 0 Å². The summed E-state index contributed by atoms with van der Waals surface area (Å²) in [5, 5.41) is 0. The van der Waals surface area contributed by atoms with Gasteiger partial charge in [0.05, 0.1) is 6.61 Å². The second kappa shape index (κ2) is 5.90. The van der Waals surface area contributed by atoms with E-state index in [4.69, 9.17) is 10.5 Å². The standard InChI is InChI=1S/C14H23NO/c1-5-12(15)9-14-10(3)7-13(16-6-2)8-11(14)4/h7-8,12H,5-6,9,15H2,1-4H3. The van der Waals surface area contributed by atoms with Crippen LogP contribution in [0.2, 0.25) is 0 Å². The Balaban J connectivity index is 2.93. The van der Waals surface area contributed by atoms with Gasteiger partial charge in [0.2, 0.25) is 0 Å². The van der Waals surface area contributed by atoms with Crippen molar-refractivity contribution in [3.8, 4) is 5.75 Å². The van der Waals surface area contributed by atoms with E-state index in [1.165, 1.54) is 16.7 Å². The Morgan fingerprint density at radius 2 is 1.75 bits per heavy atom. The first-order valence-corrected chi connectivity index (χ1v) is 6.07. The zero-order valence-corrected chi connectivity index (χ0v) is 10.8. The normalized spacial score (nSPS) is 12.6. The molecular formula is C14H23NO. The van der Waals surface area contributed by atoms with Crippen LogP contribution < -0.4 is 10.5 Å². The molecule has 2 N–H and O–H groups in total. The SMILES string of the molecule is CCOc1cc(C)c(CC(N)CC)c(C)c1. The monoisotopic (exact) mass is 221 g/mol. The first-order valence-electron chi connectivity index (χ1n) is 6.07. The molecule has 0 saturated carbocycles. The Hall–Kier alpha value is -1.02. The first kappa shape index (κ1) is 13.0. The highest BCUT2D eigenvalue weighted by Gasteiger charge is 2.09. The summed E-state index contributed by atoms with van der Waals surface area (Å²) in [7, 11) is 0. The highest BCUT2D eigenvalue weighted by molar-refractivity contribution is 5.41. The number of hydrogen-bond acceptors (Lipinski definition) is 2. The Labute approximate surface area is 98.8 Å². The van der Waals surface area contributed by atoms with Gasteiger partial charge < -0.3 is 10.5 Å². The number of aryl methyl sites for hydroxylation is 2. The fraction of sp³-hybridized carbons (Fsp3) is 0.571. The predicted molar refractivity (Wildman–Crippen MR) is 69.1 cm³/mol. The molecule has 1 unspecified atom stereocenters. The lowest BCUT2D eigenvalue weighted by atomic mass is 9.95. The molecule has 0 amide bonds. The van der Waals surface area contributed by atoms with E-state index >= 15 is 0 Å². The molecule has 90 valence electrons. The summed E-state index contributed by atoms with van der Waals surface area (Å²) in [5.74, 6) is 0.964. The van der Waals surface area contributed by atoms with Gasteiger partial charge in [0.25, 0.3) is 0 Å². The third-order valence-corrected chi connectivity index (χ3v) is 2.97. The lowest BCUT2D eigenvalue weighted by Crippen LogP contribution is -2.22. The van der Waals surface area contributed by atoms with Crippen LogP contribution in [-0.2, 0) is 6.42 Å². The van der Waals surface area contributed by atoms with Gasteiger partial charge in [0.15, 0.2) is 0 Å². The summed E-state index contributed by atoms with van der Waals surface area (Å²) in [6, 6.07) is 4.47. The number of rotatable bonds is 5. The van der Waals surface area contributed by atoms with Crippen molar-refractivity contribution in [1.29, 1.82) is 0 Å². The maximum Gasteiger partial charge on any atom is 0.119 e. The molecule has 0 aliphatic heterocycles. The van der Waals surface area contributed by atoms with Crippen LogP contribution in [-0.4, -0.2) is 12.6 Å². The second-order valence-corrected chi connectivity index (χ2v) is 4.34. The van der Waals surface area contributed by atoms with Gasteiger partial charge in [-0.15, -0.1) is 0 Å². The van der Waals surface area contributed by atoms with Crippen LogP contribution in [0.15, 0.2) is 12.1 Å². The summed E-state index contributed by atoms with van der Waals surface area (Å²) in [6.45, 7) is 9.11. The van der Waals surface area contributed by atoms with Gasteiger partial charge in [0, 0.05) is 6.04 Å². The van der Waals surface area contributed by atoms with Crippen molar-refractivity contribution < 1.29 is 4.74 Å². The van der Waals surface area contributed by atoms with Crippen LogP contribution in [0.5, 0.6) is 5.75 Å². The Kier molecular flexibility index (Phi) is 4.81. The molecule has 2 heteroatoms. The lowest BCUT2D eigenvalue weighted by Gasteiger charge is -2.16. The smallest absolute Gasteiger partial charge is 0.119 e. The Morgan fingerprint density at radius 1 is 1.19 bits per heavy atom. The zero-order valence-electron chi connectivity index (χ0n) is 10.8. The summed E-state index contributed by atoms with van der Waals surface area (Å²) >= 11 is 0. The van der Waals surface area contributed by atoms with Crippen LogP contribution in [0.3, 0.4) is 0 Å². The highest BCUT2D eigenvalue weighted by Crippen LogP contribution is 2.23. The molecule has 0 aromatic heterocycles. The van der Waals surface area contributed by atoms with Crippen LogP contribution in [0, 0.1) is 13.8 Å². The molecule has 0 aliphatic carbocycles. The lowest BCUT2D eigenvalue weighted by molar-refractivity contribution is 0.339. The van der Waals surface area contributed by atoms with Gasteiger partial charge in [-0.05, 0) is 62.4 Å². The van der Waals surface area contributed by atoms with E-state index in [-0.39, 0.29) is 6.04 Å². The number of hydrogen-bond donors (Lipinski definition) is 1. The molecule has 0 radical (unpaired) electrons. The van der Waals surface area contributed by atoms with Gasteiger partial charge in [-0.2, -0.15) is 0 Å². The molecule has 16 heavy (non-hydrogen) atoms. The minimum atomic E-state index is 0.260. The first-order chi connectivity index (χ1) is 7.58. The maximum absolute atomic E-state index is 6.01. The van der Waals surface area contributed by atoms with Gasteiger partial charge in [-0.3, -0.25) is 0 Å². The molecular weight excluding hydrogens is 198 g/mol. The van der Waals surface area contributed by atoms with E-state index in [2.05, 4.69) is 32.9 Å². The summed E-state index contributed by atoms with van der Waals surface area (Å²) < 4.78 is 5.52. The zero-order chi connectivity index (χ0) is 12.1. The summed E-state index contributed by atoms with van der Waals surface area (Å²) in [4.78, 5) is 0. The topological polar surface area (TPSA) is 35.2 Å². The van der Waals surface area contributed by atoms with Crippen molar-refractivity contribution in [2.24, 2.45) is 5.73 Å². The molecule has 0 saturated heterocycles. The summed E-state index contributed by atoms with van der Waals surface area (Å²) in [5.41, 5.74) is 9.95. The number of nitrogens with two attached hydrogens (primary N) is 1. The fourth-order valence-electron chi connectivity index (χ4n) is 1.93. The average Bonchev–Trinajstić information content (AvgIpc) is 2.23. The molecule has 1 aromatic rings. The molecule has 0 aliphatic rings.